The van der Waals surface area contributed by atoms with Crippen LogP contribution in [0.25, 0.3) is 0 Å². The third-order valence-electron chi connectivity index (χ3n) is 4.91. The van der Waals surface area contributed by atoms with Crippen LogP contribution in [0.5, 0.6) is 0 Å². The highest BCUT2D eigenvalue weighted by atomic mass is 16.5. The van der Waals surface area contributed by atoms with Crippen molar-refractivity contribution in [3.8, 4) is 0 Å². The molecular formula is C24H36N4O5. The van der Waals surface area contributed by atoms with Crippen LogP contribution in [-0.4, -0.2) is 61.3 Å². The first kappa shape index (κ1) is 26.3. The SMILES string of the molecule is CCOCCCNC(=O)c1coc(CN(CCCOCC)C(=O)Nc2ccccc2CC)n1. The van der Waals surface area contributed by atoms with Gasteiger partial charge in [-0.2, -0.15) is 0 Å². The van der Waals surface area contributed by atoms with E-state index < -0.39 is 0 Å². The third-order valence-corrected chi connectivity index (χ3v) is 4.91. The lowest BCUT2D eigenvalue weighted by Gasteiger charge is -2.22. The number of carbonyl (C=O) groups is 2. The molecule has 1 aromatic heterocycles. The molecule has 0 atom stereocenters. The number of hydrogen-bond donors (Lipinski definition) is 2. The predicted molar refractivity (Wildman–Crippen MR) is 126 cm³/mol. The van der Waals surface area contributed by atoms with Gasteiger partial charge >= 0.3 is 6.03 Å². The van der Waals surface area contributed by atoms with Crippen LogP contribution in [0.1, 0.15) is 55.6 Å². The average Bonchev–Trinajstić information content (AvgIpc) is 3.30. The molecular weight excluding hydrogens is 424 g/mol. The van der Waals surface area contributed by atoms with Gasteiger partial charge in [-0.1, -0.05) is 25.1 Å². The highest BCUT2D eigenvalue weighted by Gasteiger charge is 2.19. The number of benzene rings is 1. The maximum atomic E-state index is 13.0. The van der Waals surface area contributed by atoms with Crippen molar-refractivity contribution >= 4 is 17.6 Å². The Morgan fingerprint density at radius 3 is 2.52 bits per heavy atom. The van der Waals surface area contributed by atoms with Crippen molar-refractivity contribution in [2.45, 2.75) is 46.6 Å². The second kappa shape index (κ2) is 15.0. The zero-order valence-corrected chi connectivity index (χ0v) is 19.9. The van der Waals surface area contributed by atoms with E-state index in [9.17, 15) is 9.59 Å². The van der Waals surface area contributed by atoms with Crippen molar-refractivity contribution in [1.29, 1.82) is 0 Å². The molecule has 2 rings (SSSR count). The fourth-order valence-corrected chi connectivity index (χ4v) is 3.16. The largest absolute Gasteiger partial charge is 0.446 e. The Kier molecular flexibility index (Phi) is 12.0. The maximum Gasteiger partial charge on any atom is 0.322 e. The quantitative estimate of drug-likeness (QED) is 0.391. The van der Waals surface area contributed by atoms with Crippen LogP contribution in [0.3, 0.4) is 0 Å². The van der Waals surface area contributed by atoms with Crippen LogP contribution in [0.2, 0.25) is 0 Å². The standard InChI is InChI=1S/C24H36N4O5/c1-4-19-11-7-8-12-20(19)27-24(30)28(14-10-16-32-6-3)17-22-26-21(18-33-22)23(29)25-13-9-15-31-5-2/h7-8,11-12,18H,4-6,9-10,13-17H2,1-3H3,(H,25,29)(H,27,30). The third kappa shape index (κ3) is 9.23. The van der Waals surface area contributed by atoms with Crippen molar-refractivity contribution < 1.29 is 23.5 Å². The molecule has 3 amide bonds. The number of urea groups is 1. The summed E-state index contributed by atoms with van der Waals surface area (Å²) in [4.78, 5) is 31.2. The molecule has 9 nitrogen and oxygen atoms in total. The lowest BCUT2D eigenvalue weighted by Crippen LogP contribution is -2.36. The number of hydrogen-bond acceptors (Lipinski definition) is 6. The van der Waals surface area contributed by atoms with E-state index in [0.717, 1.165) is 24.1 Å². The molecule has 0 fully saturated rings. The summed E-state index contributed by atoms with van der Waals surface area (Å²) < 4.78 is 16.1. The number of ether oxygens (including phenoxy) is 2. The van der Waals surface area contributed by atoms with E-state index in [-0.39, 0.29) is 24.2 Å². The van der Waals surface area contributed by atoms with Gasteiger partial charge in [-0.3, -0.25) is 4.79 Å². The lowest BCUT2D eigenvalue weighted by molar-refractivity contribution is 0.0939. The van der Waals surface area contributed by atoms with Crippen LogP contribution in [0, 0.1) is 0 Å². The van der Waals surface area contributed by atoms with Crippen LogP contribution in [0.4, 0.5) is 10.5 Å². The van der Waals surface area contributed by atoms with Crippen LogP contribution < -0.4 is 10.6 Å². The van der Waals surface area contributed by atoms with Crippen molar-refractivity contribution in [1.82, 2.24) is 15.2 Å². The minimum atomic E-state index is -0.314. The van der Waals surface area contributed by atoms with Crippen LogP contribution in [-0.2, 0) is 22.4 Å². The molecule has 0 unspecified atom stereocenters. The molecule has 182 valence electrons. The van der Waals surface area contributed by atoms with E-state index in [2.05, 4.69) is 15.6 Å². The summed E-state index contributed by atoms with van der Waals surface area (Å²) in [6, 6.07) is 7.45. The number of para-hydroxylation sites is 1. The van der Waals surface area contributed by atoms with Gasteiger partial charge in [0, 0.05) is 45.2 Å². The van der Waals surface area contributed by atoms with E-state index in [1.165, 1.54) is 6.26 Å². The van der Waals surface area contributed by atoms with E-state index in [1.807, 2.05) is 45.0 Å². The van der Waals surface area contributed by atoms with Crippen molar-refractivity contribution in [3.05, 3.63) is 47.7 Å². The molecule has 0 spiro atoms. The highest BCUT2D eigenvalue weighted by molar-refractivity contribution is 5.92. The first-order chi connectivity index (χ1) is 16.1. The minimum absolute atomic E-state index is 0.143. The topological polar surface area (TPSA) is 106 Å². The van der Waals surface area contributed by atoms with Crippen molar-refractivity contribution in [3.63, 3.8) is 0 Å². The number of aryl methyl sites for hydroxylation is 1. The van der Waals surface area contributed by atoms with Gasteiger partial charge in [-0.15, -0.1) is 0 Å². The summed E-state index contributed by atoms with van der Waals surface area (Å²) in [5.74, 6) is -0.0180. The second-order valence-corrected chi connectivity index (χ2v) is 7.35. The number of nitrogens with one attached hydrogen (secondary N) is 2. The second-order valence-electron chi connectivity index (χ2n) is 7.35. The highest BCUT2D eigenvalue weighted by Crippen LogP contribution is 2.17. The number of carbonyl (C=O) groups excluding carboxylic acids is 2. The number of oxazole rings is 1. The molecule has 33 heavy (non-hydrogen) atoms. The molecule has 1 aromatic carbocycles. The lowest BCUT2D eigenvalue weighted by atomic mass is 10.1. The fourth-order valence-electron chi connectivity index (χ4n) is 3.16. The summed E-state index contributed by atoms with van der Waals surface area (Å²) in [5.41, 5.74) is 2.02. The fraction of sp³-hybridized carbons (Fsp3) is 0.542. The molecule has 9 heteroatoms. The molecule has 2 aromatic rings. The maximum absolute atomic E-state index is 13.0. The van der Waals surface area contributed by atoms with Gasteiger partial charge < -0.3 is 29.4 Å². The van der Waals surface area contributed by atoms with Crippen molar-refractivity contribution in [2.24, 2.45) is 0 Å². The summed E-state index contributed by atoms with van der Waals surface area (Å²) in [6.45, 7) is 9.41. The molecule has 0 radical (unpaired) electrons. The molecule has 0 bridgehead atoms. The number of aromatic nitrogens is 1. The minimum Gasteiger partial charge on any atom is -0.446 e. The van der Waals surface area contributed by atoms with E-state index >= 15 is 0 Å². The summed E-state index contributed by atoms with van der Waals surface area (Å²) in [7, 11) is 0. The Hall–Kier alpha value is -2.91. The van der Waals surface area contributed by atoms with Crippen molar-refractivity contribution in [2.75, 3.05) is 44.8 Å². The zero-order valence-electron chi connectivity index (χ0n) is 19.9. The molecule has 0 saturated heterocycles. The predicted octanol–water partition coefficient (Wildman–Crippen LogP) is 3.85. The summed E-state index contributed by atoms with van der Waals surface area (Å²) in [6.07, 6.45) is 3.52. The average molecular weight is 461 g/mol. The first-order valence-corrected chi connectivity index (χ1v) is 11.6. The van der Waals surface area contributed by atoms with Crippen LogP contribution >= 0.6 is 0 Å². The number of rotatable bonds is 15. The Morgan fingerprint density at radius 1 is 1.06 bits per heavy atom. The monoisotopic (exact) mass is 460 g/mol. The molecule has 0 aliphatic rings. The number of amides is 3. The molecule has 0 aliphatic carbocycles. The molecule has 1 heterocycles. The molecule has 0 saturated carbocycles. The van der Waals surface area contributed by atoms with Gasteiger partial charge in [0.15, 0.2) is 5.69 Å². The van der Waals surface area contributed by atoms with E-state index in [1.54, 1.807) is 4.90 Å². The van der Waals surface area contributed by atoms with Gasteiger partial charge in [0.05, 0.1) is 6.54 Å². The molecule has 2 N–H and O–H groups in total. The van der Waals surface area contributed by atoms with Crippen LogP contribution in [0.15, 0.2) is 34.9 Å². The number of anilines is 1. The van der Waals surface area contributed by atoms with Gasteiger partial charge in [0.25, 0.3) is 5.91 Å². The van der Waals surface area contributed by atoms with Gasteiger partial charge in [0.1, 0.15) is 6.26 Å². The number of nitrogens with zero attached hydrogens (tertiary/aromatic N) is 2. The van der Waals surface area contributed by atoms with Gasteiger partial charge in [-0.05, 0) is 44.7 Å². The van der Waals surface area contributed by atoms with Gasteiger partial charge in [0.2, 0.25) is 5.89 Å². The normalized spacial score (nSPS) is 10.8. The Balaban J connectivity index is 1.99. The molecule has 0 aliphatic heterocycles. The smallest absolute Gasteiger partial charge is 0.322 e. The Labute approximate surface area is 195 Å². The first-order valence-electron chi connectivity index (χ1n) is 11.6. The Morgan fingerprint density at radius 2 is 1.79 bits per heavy atom. The summed E-state index contributed by atoms with van der Waals surface area (Å²) in [5, 5.41) is 5.77. The van der Waals surface area contributed by atoms with Gasteiger partial charge in [-0.25, -0.2) is 9.78 Å². The van der Waals surface area contributed by atoms with E-state index in [4.69, 9.17) is 13.9 Å². The zero-order chi connectivity index (χ0) is 23.9. The summed E-state index contributed by atoms with van der Waals surface area (Å²) >= 11 is 0. The Bertz CT molecular complexity index is 855. The van der Waals surface area contributed by atoms with E-state index in [0.29, 0.717) is 51.8 Å².